The molecule has 0 bridgehead atoms. The SMILES string of the molecule is CCCc1occc1C(=O)NCC1(C(=O)O)CC1. The van der Waals surface area contributed by atoms with Crippen molar-refractivity contribution >= 4 is 11.9 Å². The molecule has 5 heteroatoms. The molecule has 1 aliphatic carbocycles. The van der Waals surface area contributed by atoms with E-state index in [0.717, 1.165) is 6.42 Å². The molecule has 0 unspecified atom stereocenters. The molecular weight excluding hydrogens is 234 g/mol. The van der Waals surface area contributed by atoms with Gasteiger partial charge in [0.05, 0.1) is 17.2 Å². The predicted octanol–water partition coefficient (Wildman–Crippen LogP) is 1.83. The fourth-order valence-electron chi connectivity index (χ4n) is 1.93. The van der Waals surface area contributed by atoms with Crippen LogP contribution in [0.2, 0.25) is 0 Å². The first-order valence-corrected chi connectivity index (χ1v) is 6.17. The maximum atomic E-state index is 11.9. The normalized spacial score (nSPS) is 16.3. The van der Waals surface area contributed by atoms with Gasteiger partial charge in [-0.05, 0) is 25.3 Å². The maximum Gasteiger partial charge on any atom is 0.311 e. The van der Waals surface area contributed by atoms with E-state index in [0.29, 0.717) is 30.6 Å². The van der Waals surface area contributed by atoms with E-state index in [2.05, 4.69) is 5.32 Å². The molecule has 0 aromatic carbocycles. The summed E-state index contributed by atoms with van der Waals surface area (Å²) in [6.07, 6.45) is 4.36. The molecule has 1 aromatic heterocycles. The largest absolute Gasteiger partial charge is 0.481 e. The number of carboxylic acid groups (broad SMARTS) is 1. The van der Waals surface area contributed by atoms with Gasteiger partial charge in [0.25, 0.3) is 5.91 Å². The number of hydrogen-bond donors (Lipinski definition) is 2. The van der Waals surface area contributed by atoms with E-state index in [9.17, 15) is 9.59 Å². The zero-order valence-electron chi connectivity index (χ0n) is 10.4. The highest BCUT2D eigenvalue weighted by atomic mass is 16.4. The van der Waals surface area contributed by atoms with Crippen LogP contribution in [0.3, 0.4) is 0 Å². The van der Waals surface area contributed by atoms with Crippen LogP contribution in [0.4, 0.5) is 0 Å². The first-order valence-electron chi connectivity index (χ1n) is 6.17. The van der Waals surface area contributed by atoms with E-state index in [1.165, 1.54) is 6.26 Å². The summed E-state index contributed by atoms with van der Waals surface area (Å²) in [6.45, 7) is 2.20. The topological polar surface area (TPSA) is 79.5 Å². The second kappa shape index (κ2) is 4.84. The van der Waals surface area contributed by atoms with E-state index in [-0.39, 0.29) is 12.5 Å². The number of carbonyl (C=O) groups is 2. The fraction of sp³-hybridized carbons (Fsp3) is 0.538. The number of carbonyl (C=O) groups excluding carboxylic acids is 1. The molecule has 0 saturated heterocycles. The molecule has 0 atom stereocenters. The van der Waals surface area contributed by atoms with Crippen molar-refractivity contribution in [1.29, 1.82) is 0 Å². The molecule has 0 radical (unpaired) electrons. The molecule has 1 aliphatic rings. The zero-order valence-corrected chi connectivity index (χ0v) is 10.4. The zero-order chi connectivity index (χ0) is 13.2. The van der Waals surface area contributed by atoms with Crippen LogP contribution < -0.4 is 5.32 Å². The van der Waals surface area contributed by atoms with Crippen LogP contribution in [0.5, 0.6) is 0 Å². The number of aryl methyl sites for hydroxylation is 1. The van der Waals surface area contributed by atoms with Crippen molar-refractivity contribution in [2.75, 3.05) is 6.54 Å². The molecule has 5 nitrogen and oxygen atoms in total. The van der Waals surface area contributed by atoms with Crippen molar-refractivity contribution in [3.05, 3.63) is 23.7 Å². The first kappa shape index (κ1) is 12.7. The van der Waals surface area contributed by atoms with Gasteiger partial charge in [0, 0.05) is 13.0 Å². The third-order valence-corrected chi connectivity index (χ3v) is 3.36. The summed E-state index contributed by atoms with van der Waals surface area (Å²) in [5.41, 5.74) is -0.220. The van der Waals surface area contributed by atoms with Gasteiger partial charge in [-0.15, -0.1) is 0 Å². The van der Waals surface area contributed by atoms with E-state index in [1.807, 2.05) is 6.92 Å². The van der Waals surface area contributed by atoms with Gasteiger partial charge in [-0.1, -0.05) is 6.92 Å². The summed E-state index contributed by atoms with van der Waals surface area (Å²) >= 11 is 0. The minimum Gasteiger partial charge on any atom is -0.481 e. The van der Waals surface area contributed by atoms with Crippen LogP contribution in [0.1, 0.15) is 42.3 Å². The Morgan fingerprint density at radius 3 is 2.78 bits per heavy atom. The summed E-state index contributed by atoms with van der Waals surface area (Å²) in [4.78, 5) is 22.9. The van der Waals surface area contributed by atoms with Gasteiger partial charge >= 0.3 is 5.97 Å². The van der Waals surface area contributed by atoms with Crippen LogP contribution in [0, 0.1) is 5.41 Å². The smallest absolute Gasteiger partial charge is 0.311 e. The lowest BCUT2D eigenvalue weighted by Crippen LogP contribution is -2.34. The minimum absolute atomic E-state index is 0.192. The van der Waals surface area contributed by atoms with Crippen LogP contribution in [-0.2, 0) is 11.2 Å². The molecule has 1 fully saturated rings. The quantitative estimate of drug-likeness (QED) is 0.808. The van der Waals surface area contributed by atoms with Crippen molar-refractivity contribution in [3.8, 4) is 0 Å². The van der Waals surface area contributed by atoms with Gasteiger partial charge in [-0.3, -0.25) is 9.59 Å². The summed E-state index contributed by atoms with van der Waals surface area (Å²) in [5.74, 6) is -0.418. The Bertz CT molecular complexity index is 459. The number of aliphatic carboxylic acids is 1. The Balaban J connectivity index is 1.96. The van der Waals surface area contributed by atoms with E-state index in [4.69, 9.17) is 9.52 Å². The van der Waals surface area contributed by atoms with Crippen LogP contribution >= 0.6 is 0 Å². The standard InChI is InChI=1S/C13H17NO4/c1-2-3-10-9(4-7-18-10)11(15)14-8-13(5-6-13)12(16)17/h4,7H,2-3,5-6,8H2,1H3,(H,14,15)(H,16,17). The summed E-state index contributed by atoms with van der Waals surface area (Å²) in [5, 5.41) is 11.7. The fourth-order valence-corrected chi connectivity index (χ4v) is 1.93. The van der Waals surface area contributed by atoms with Crippen LogP contribution in [0.25, 0.3) is 0 Å². The number of nitrogens with one attached hydrogen (secondary N) is 1. The van der Waals surface area contributed by atoms with Crippen molar-refractivity contribution in [1.82, 2.24) is 5.32 Å². The average Bonchev–Trinajstić information content (AvgIpc) is 3.00. The number of furan rings is 1. The van der Waals surface area contributed by atoms with Gasteiger partial charge in [0.15, 0.2) is 0 Å². The van der Waals surface area contributed by atoms with E-state index < -0.39 is 11.4 Å². The Morgan fingerprint density at radius 1 is 1.50 bits per heavy atom. The Kier molecular flexibility index (Phi) is 3.41. The lowest BCUT2D eigenvalue weighted by Gasteiger charge is -2.10. The Labute approximate surface area is 105 Å². The predicted molar refractivity (Wildman–Crippen MR) is 64.3 cm³/mol. The van der Waals surface area contributed by atoms with Crippen molar-refractivity contribution < 1.29 is 19.1 Å². The molecular formula is C13H17NO4. The third kappa shape index (κ3) is 2.39. The Morgan fingerprint density at radius 2 is 2.22 bits per heavy atom. The highest BCUT2D eigenvalue weighted by Gasteiger charge is 2.50. The lowest BCUT2D eigenvalue weighted by atomic mass is 10.1. The molecule has 2 rings (SSSR count). The highest BCUT2D eigenvalue weighted by molar-refractivity contribution is 5.95. The van der Waals surface area contributed by atoms with Crippen LogP contribution in [0.15, 0.2) is 16.7 Å². The number of hydrogen-bond acceptors (Lipinski definition) is 3. The maximum absolute atomic E-state index is 11.9. The highest BCUT2D eigenvalue weighted by Crippen LogP contribution is 2.45. The monoisotopic (exact) mass is 251 g/mol. The van der Waals surface area contributed by atoms with E-state index in [1.54, 1.807) is 6.07 Å². The van der Waals surface area contributed by atoms with Crippen molar-refractivity contribution in [2.45, 2.75) is 32.6 Å². The molecule has 18 heavy (non-hydrogen) atoms. The molecule has 1 saturated carbocycles. The molecule has 0 spiro atoms. The summed E-state index contributed by atoms with van der Waals surface area (Å²) in [7, 11) is 0. The minimum atomic E-state index is -0.830. The Hall–Kier alpha value is -1.78. The summed E-state index contributed by atoms with van der Waals surface area (Å²) < 4.78 is 5.24. The van der Waals surface area contributed by atoms with Gasteiger partial charge in [0.2, 0.25) is 0 Å². The van der Waals surface area contributed by atoms with Gasteiger partial charge in [0.1, 0.15) is 5.76 Å². The number of carboxylic acids is 1. The molecule has 1 heterocycles. The molecule has 98 valence electrons. The lowest BCUT2D eigenvalue weighted by molar-refractivity contribution is -0.143. The first-order chi connectivity index (χ1) is 8.59. The second-order valence-corrected chi connectivity index (χ2v) is 4.78. The van der Waals surface area contributed by atoms with Crippen molar-refractivity contribution in [2.24, 2.45) is 5.41 Å². The second-order valence-electron chi connectivity index (χ2n) is 4.78. The summed E-state index contributed by atoms with van der Waals surface area (Å²) in [6, 6.07) is 1.63. The van der Waals surface area contributed by atoms with Gasteiger partial charge < -0.3 is 14.8 Å². The average molecular weight is 251 g/mol. The molecule has 1 amide bonds. The van der Waals surface area contributed by atoms with Gasteiger partial charge in [-0.2, -0.15) is 0 Å². The van der Waals surface area contributed by atoms with E-state index >= 15 is 0 Å². The molecule has 2 N–H and O–H groups in total. The van der Waals surface area contributed by atoms with Gasteiger partial charge in [-0.25, -0.2) is 0 Å². The number of rotatable bonds is 6. The third-order valence-electron chi connectivity index (χ3n) is 3.36. The van der Waals surface area contributed by atoms with Crippen LogP contribution in [-0.4, -0.2) is 23.5 Å². The van der Waals surface area contributed by atoms with Crippen molar-refractivity contribution in [3.63, 3.8) is 0 Å². The number of amides is 1. The molecule has 0 aliphatic heterocycles. The molecule has 1 aromatic rings.